The molecule has 0 aliphatic heterocycles. The van der Waals surface area contributed by atoms with Crippen LogP contribution in [0.4, 0.5) is 5.69 Å². The molecule has 0 aliphatic carbocycles. The predicted octanol–water partition coefficient (Wildman–Crippen LogP) is 2.73. The first-order chi connectivity index (χ1) is 12.6. The van der Waals surface area contributed by atoms with Gasteiger partial charge in [0.1, 0.15) is 17.2 Å². The summed E-state index contributed by atoms with van der Waals surface area (Å²) in [5, 5.41) is 2.86. The van der Waals surface area contributed by atoms with Gasteiger partial charge in [0.25, 0.3) is 5.91 Å². The number of nitrogens with zero attached hydrogens (tertiary/aromatic N) is 1. The van der Waals surface area contributed by atoms with E-state index in [1.165, 1.54) is 0 Å². The fraction of sp³-hybridized carbons (Fsp3) is 0.350. The SMILES string of the molecule is COc1cc(OC)cc(OCC(=O)NCCCN(C)c2ccccc2)c1. The zero-order valence-corrected chi connectivity index (χ0v) is 15.5. The minimum atomic E-state index is -0.158. The predicted molar refractivity (Wildman–Crippen MR) is 102 cm³/mol. The summed E-state index contributed by atoms with van der Waals surface area (Å²) in [6.45, 7) is 1.41. The lowest BCUT2D eigenvalue weighted by molar-refractivity contribution is -0.123. The second-order valence-corrected chi connectivity index (χ2v) is 5.80. The monoisotopic (exact) mass is 358 g/mol. The van der Waals surface area contributed by atoms with Crippen LogP contribution in [0.1, 0.15) is 6.42 Å². The van der Waals surface area contributed by atoms with Crippen LogP contribution in [0.25, 0.3) is 0 Å². The van der Waals surface area contributed by atoms with Gasteiger partial charge in [-0.05, 0) is 18.6 Å². The molecule has 6 heteroatoms. The molecular formula is C20H26N2O4. The third kappa shape index (κ3) is 6.20. The van der Waals surface area contributed by atoms with E-state index in [0.717, 1.165) is 18.7 Å². The average molecular weight is 358 g/mol. The molecular weight excluding hydrogens is 332 g/mol. The Hall–Kier alpha value is -2.89. The van der Waals surface area contributed by atoms with Crippen molar-refractivity contribution in [3.05, 3.63) is 48.5 Å². The molecule has 0 saturated heterocycles. The number of nitrogens with one attached hydrogen (secondary N) is 1. The van der Waals surface area contributed by atoms with E-state index in [1.807, 2.05) is 25.2 Å². The molecule has 140 valence electrons. The largest absolute Gasteiger partial charge is 0.496 e. The molecule has 0 bridgehead atoms. The van der Waals surface area contributed by atoms with Gasteiger partial charge in [-0.2, -0.15) is 0 Å². The molecule has 0 aliphatic rings. The second-order valence-electron chi connectivity index (χ2n) is 5.80. The summed E-state index contributed by atoms with van der Waals surface area (Å²) < 4.78 is 15.9. The van der Waals surface area contributed by atoms with Gasteiger partial charge in [0.2, 0.25) is 0 Å². The normalized spacial score (nSPS) is 10.1. The Kier molecular flexibility index (Phi) is 7.61. The summed E-state index contributed by atoms with van der Waals surface area (Å²) in [6, 6.07) is 15.3. The summed E-state index contributed by atoms with van der Waals surface area (Å²) in [4.78, 5) is 14.1. The lowest BCUT2D eigenvalue weighted by Gasteiger charge is -2.19. The zero-order valence-electron chi connectivity index (χ0n) is 15.5. The minimum absolute atomic E-state index is 0.0507. The first-order valence-corrected chi connectivity index (χ1v) is 8.51. The van der Waals surface area contributed by atoms with Crippen LogP contribution >= 0.6 is 0 Å². The highest BCUT2D eigenvalue weighted by molar-refractivity contribution is 5.77. The average Bonchev–Trinajstić information content (AvgIpc) is 2.69. The zero-order chi connectivity index (χ0) is 18.8. The van der Waals surface area contributed by atoms with Crippen molar-refractivity contribution in [3.8, 4) is 17.2 Å². The Labute approximate surface area is 154 Å². The van der Waals surface area contributed by atoms with E-state index in [1.54, 1.807) is 32.4 Å². The Morgan fingerprint density at radius 1 is 1.00 bits per heavy atom. The summed E-state index contributed by atoms with van der Waals surface area (Å²) in [7, 11) is 5.17. The van der Waals surface area contributed by atoms with Crippen molar-refractivity contribution >= 4 is 11.6 Å². The number of amides is 1. The summed E-state index contributed by atoms with van der Waals surface area (Å²) in [5.41, 5.74) is 1.16. The highest BCUT2D eigenvalue weighted by Gasteiger charge is 2.06. The Balaban J connectivity index is 1.69. The molecule has 1 N–H and O–H groups in total. The van der Waals surface area contributed by atoms with Crippen molar-refractivity contribution in [1.82, 2.24) is 5.32 Å². The van der Waals surface area contributed by atoms with Crippen molar-refractivity contribution in [2.75, 3.05) is 45.9 Å². The van der Waals surface area contributed by atoms with Crippen molar-refractivity contribution in [2.24, 2.45) is 0 Å². The number of ether oxygens (including phenoxy) is 3. The van der Waals surface area contributed by atoms with E-state index in [0.29, 0.717) is 23.8 Å². The van der Waals surface area contributed by atoms with Crippen LogP contribution in [0.2, 0.25) is 0 Å². The van der Waals surface area contributed by atoms with Crippen molar-refractivity contribution in [2.45, 2.75) is 6.42 Å². The number of hydrogen-bond donors (Lipinski definition) is 1. The molecule has 0 saturated carbocycles. The molecule has 26 heavy (non-hydrogen) atoms. The van der Waals surface area contributed by atoms with E-state index >= 15 is 0 Å². The maximum absolute atomic E-state index is 11.9. The molecule has 2 rings (SSSR count). The van der Waals surface area contributed by atoms with Crippen LogP contribution in [-0.2, 0) is 4.79 Å². The first-order valence-electron chi connectivity index (χ1n) is 8.51. The molecule has 6 nitrogen and oxygen atoms in total. The third-order valence-corrected chi connectivity index (χ3v) is 3.88. The number of carbonyl (C=O) groups excluding carboxylic acids is 1. The van der Waals surface area contributed by atoms with Crippen LogP contribution < -0.4 is 24.4 Å². The molecule has 1 amide bonds. The lowest BCUT2D eigenvalue weighted by Crippen LogP contribution is -2.31. The standard InChI is InChI=1S/C20H26N2O4/c1-22(16-8-5-4-6-9-16)11-7-10-21-20(23)15-26-19-13-17(24-2)12-18(14-19)25-3/h4-6,8-9,12-14H,7,10-11,15H2,1-3H3,(H,21,23). The topological polar surface area (TPSA) is 60.0 Å². The van der Waals surface area contributed by atoms with Crippen LogP contribution in [0.5, 0.6) is 17.2 Å². The number of anilines is 1. The van der Waals surface area contributed by atoms with Crippen LogP contribution in [0.3, 0.4) is 0 Å². The smallest absolute Gasteiger partial charge is 0.257 e. The number of carbonyl (C=O) groups is 1. The lowest BCUT2D eigenvalue weighted by atomic mass is 10.3. The first kappa shape index (κ1) is 19.4. The molecule has 0 heterocycles. The Morgan fingerprint density at radius 2 is 1.62 bits per heavy atom. The molecule has 0 unspecified atom stereocenters. The quantitative estimate of drug-likeness (QED) is 0.662. The van der Waals surface area contributed by atoms with Crippen LogP contribution in [0, 0.1) is 0 Å². The number of hydrogen-bond acceptors (Lipinski definition) is 5. The molecule has 0 spiro atoms. The Bertz CT molecular complexity index is 669. The molecule has 0 fully saturated rings. The van der Waals surface area contributed by atoms with Crippen molar-refractivity contribution in [1.29, 1.82) is 0 Å². The van der Waals surface area contributed by atoms with E-state index in [2.05, 4.69) is 22.3 Å². The third-order valence-electron chi connectivity index (χ3n) is 3.88. The summed E-state index contributed by atoms with van der Waals surface area (Å²) in [6.07, 6.45) is 0.851. The van der Waals surface area contributed by atoms with Gasteiger partial charge >= 0.3 is 0 Å². The highest BCUT2D eigenvalue weighted by atomic mass is 16.5. The molecule has 0 radical (unpaired) electrons. The van der Waals surface area contributed by atoms with Gasteiger partial charge in [-0.15, -0.1) is 0 Å². The van der Waals surface area contributed by atoms with Crippen LogP contribution in [0.15, 0.2) is 48.5 Å². The van der Waals surface area contributed by atoms with Gasteiger partial charge in [-0.25, -0.2) is 0 Å². The maximum Gasteiger partial charge on any atom is 0.257 e. The molecule has 0 aromatic heterocycles. The number of para-hydroxylation sites is 1. The maximum atomic E-state index is 11.9. The summed E-state index contributed by atoms with van der Waals surface area (Å²) >= 11 is 0. The van der Waals surface area contributed by atoms with Gasteiger partial charge < -0.3 is 24.4 Å². The van der Waals surface area contributed by atoms with Gasteiger partial charge in [-0.1, -0.05) is 18.2 Å². The van der Waals surface area contributed by atoms with E-state index in [9.17, 15) is 4.79 Å². The van der Waals surface area contributed by atoms with Crippen molar-refractivity contribution < 1.29 is 19.0 Å². The summed E-state index contributed by atoms with van der Waals surface area (Å²) in [5.74, 6) is 1.60. The fourth-order valence-corrected chi connectivity index (χ4v) is 2.42. The second kappa shape index (κ2) is 10.2. The number of benzene rings is 2. The van der Waals surface area contributed by atoms with E-state index in [-0.39, 0.29) is 12.5 Å². The Morgan fingerprint density at radius 3 is 2.23 bits per heavy atom. The molecule has 2 aromatic rings. The molecule has 0 atom stereocenters. The number of methoxy groups -OCH3 is 2. The minimum Gasteiger partial charge on any atom is -0.496 e. The van der Waals surface area contributed by atoms with Crippen LogP contribution in [-0.4, -0.2) is 46.9 Å². The van der Waals surface area contributed by atoms with Crippen molar-refractivity contribution in [3.63, 3.8) is 0 Å². The highest BCUT2D eigenvalue weighted by Crippen LogP contribution is 2.27. The molecule has 2 aromatic carbocycles. The number of rotatable bonds is 10. The van der Waals surface area contributed by atoms with E-state index in [4.69, 9.17) is 14.2 Å². The van der Waals surface area contributed by atoms with Gasteiger partial charge in [0.05, 0.1) is 14.2 Å². The van der Waals surface area contributed by atoms with Gasteiger partial charge in [0, 0.05) is 44.0 Å². The van der Waals surface area contributed by atoms with Gasteiger partial charge in [0.15, 0.2) is 6.61 Å². The fourth-order valence-electron chi connectivity index (χ4n) is 2.42. The van der Waals surface area contributed by atoms with E-state index < -0.39 is 0 Å². The van der Waals surface area contributed by atoms with Gasteiger partial charge in [-0.3, -0.25) is 4.79 Å².